The van der Waals surface area contributed by atoms with Gasteiger partial charge in [-0.15, -0.1) is 0 Å². The molecule has 0 radical (unpaired) electrons. The molecule has 0 saturated heterocycles. The van der Waals surface area contributed by atoms with Crippen LogP contribution in [0, 0.1) is 5.92 Å². The van der Waals surface area contributed by atoms with Gasteiger partial charge in [-0.1, -0.05) is 20.4 Å². The summed E-state index contributed by atoms with van der Waals surface area (Å²) < 4.78 is 0. The molecule has 1 fully saturated rings. The predicted molar refractivity (Wildman–Crippen MR) is 51.2 cm³/mol. The van der Waals surface area contributed by atoms with E-state index in [2.05, 4.69) is 25.7 Å². The minimum absolute atomic E-state index is 0.334. The fourth-order valence-corrected chi connectivity index (χ4v) is 1.91. The number of allylic oxidation sites excluding steroid dienone is 1. The molecule has 0 amide bonds. The summed E-state index contributed by atoms with van der Waals surface area (Å²) in [4.78, 5) is 0. The Balaban J connectivity index is 2.30. The van der Waals surface area contributed by atoms with Crippen molar-refractivity contribution in [3.63, 3.8) is 0 Å². The van der Waals surface area contributed by atoms with Crippen LogP contribution in [0.5, 0.6) is 0 Å². The van der Waals surface area contributed by atoms with Crippen molar-refractivity contribution in [2.24, 2.45) is 5.92 Å². The van der Waals surface area contributed by atoms with Crippen molar-refractivity contribution in [1.29, 1.82) is 0 Å². The van der Waals surface area contributed by atoms with Gasteiger partial charge in [0, 0.05) is 18.0 Å². The Morgan fingerprint density at radius 1 is 1.50 bits per heavy atom. The van der Waals surface area contributed by atoms with Crippen LogP contribution in [0.25, 0.3) is 0 Å². The summed E-state index contributed by atoms with van der Waals surface area (Å²) >= 11 is 0. The van der Waals surface area contributed by atoms with Gasteiger partial charge in [-0.25, -0.2) is 0 Å². The summed E-state index contributed by atoms with van der Waals surface area (Å²) in [6.45, 7) is 7.89. The van der Waals surface area contributed by atoms with Gasteiger partial charge in [0.05, 0.1) is 5.76 Å². The Morgan fingerprint density at radius 2 is 2.17 bits per heavy atom. The van der Waals surface area contributed by atoms with Gasteiger partial charge < -0.3 is 10.4 Å². The molecule has 1 rings (SSSR count). The maximum absolute atomic E-state index is 9.18. The quantitative estimate of drug-likeness (QED) is 0.635. The van der Waals surface area contributed by atoms with Gasteiger partial charge in [-0.05, 0) is 19.3 Å². The van der Waals surface area contributed by atoms with Crippen molar-refractivity contribution in [2.75, 3.05) is 0 Å². The molecule has 0 aliphatic heterocycles. The third-order valence-electron chi connectivity index (χ3n) is 2.47. The SMILES string of the molecule is C=C(O)[C@H]1CC[C@H](NC(C)C)C1. The van der Waals surface area contributed by atoms with E-state index >= 15 is 0 Å². The van der Waals surface area contributed by atoms with E-state index in [1.165, 1.54) is 6.42 Å². The minimum Gasteiger partial charge on any atom is -0.513 e. The van der Waals surface area contributed by atoms with Crippen LogP contribution in [0.1, 0.15) is 33.1 Å². The van der Waals surface area contributed by atoms with E-state index in [1.54, 1.807) is 0 Å². The van der Waals surface area contributed by atoms with Gasteiger partial charge in [0.25, 0.3) is 0 Å². The molecule has 1 aliphatic carbocycles. The van der Waals surface area contributed by atoms with Crippen LogP contribution in [0.4, 0.5) is 0 Å². The molecule has 0 aromatic rings. The van der Waals surface area contributed by atoms with Crippen molar-refractivity contribution < 1.29 is 5.11 Å². The molecule has 0 bridgehead atoms. The van der Waals surface area contributed by atoms with E-state index < -0.39 is 0 Å². The number of aliphatic hydroxyl groups is 1. The van der Waals surface area contributed by atoms with Gasteiger partial charge in [0.1, 0.15) is 0 Å². The van der Waals surface area contributed by atoms with E-state index in [9.17, 15) is 5.11 Å². The molecular formula is C10H19NO. The molecule has 12 heavy (non-hydrogen) atoms. The second-order valence-corrected chi connectivity index (χ2v) is 4.02. The normalized spacial score (nSPS) is 29.6. The predicted octanol–water partition coefficient (Wildman–Crippen LogP) is 2.22. The van der Waals surface area contributed by atoms with Gasteiger partial charge >= 0.3 is 0 Å². The van der Waals surface area contributed by atoms with Crippen LogP contribution < -0.4 is 5.32 Å². The number of hydrogen-bond acceptors (Lipinski definition) is 2. The molecule has 1 saturated carbocycles. The van der Waals surface area contributed by atoms with Crippen molar-refractivity contribution in [1.82, 2.24) is 5.32 Å². The zero-order valence-corrected chi connectivity index (χ0v) is 8.01. The second-order valence-electron chi connectivity index (χ2n) is 4.02. The van der Waals surface area contributed by atoms with Crippen molar-refractivity contribution in [3.05, 3.63) is 12.3 Å². The average Bonchev–Trinajstić information content (AvgIpc) is 2.34. The molecule has 0 heterocycles. The van der Waals surface area contributed by atoms with Gasteiger partial charge in [-0.2, -0.15) is 0 Å². The summed E-state index contributed by atoms with van der Waals surface area (Å²) in [6, 6.07) is 1.12. The average molecular weight is 169 g/mol. The maximum atomic E-state index is 9.18. The van der Waals surface area contributed by atoms with E-state index in [0.29, 0.717) is 23.8 Å². The summed E-state index contributed by atoms with van der Waals surface area (Å²) in [5.41, 5.74) is 0. The lowest BCUT2D eigenvalue weighted by molar-refractivity contribution is 0.329. The fourth-order valence-electron chi connectivity index (χ4n) is 1.91. The summed E-state index contributed by atoms with van der Waals surface area (Å²) in [5, 5.41) is 12.7. The first-order valence-electron chi connectivity index (χ1n) is 4.73. The van der Waals surface area contributed by atoms with Crippen LogP contribution in [-0.2, 0) is 0 Å². The highest BCUT2D eigenvalue weighted by Gasteiger charge is 2.26. The van der Waals surface area contributed by atoms with Crippen molar-refractivity contribution in [3.8, 4) is 0 Å². The van der Waals surface area contributed by atoms with Crippen molar-refractivity contribution >= 4 is 0 Å². The number of nitrogens with one attached hydrogen (secondary N) is 1. The Labute approximate surface area is 74.7 Å². The molecule has 2 nitrogen and oxygen atoms in total. The Kier molecular flexibility index (Phi) is 3.15. The largest absolute Gasteiger partial charge is 0.513 e. The highest BCUT2D eigenvalue weighted by Crippen LogP contribution is 2.29. The number of hydrogen-bond donors (Lipinski definition) is 2. The second kappa shape index (κ2) is 3.94. The highest BCUT2D eigenvalue weighted by atomic mass is 16.3. The first-order chi connectivity index (χ1) is 5.59. The number of rotatable bonds is 3. The molecule has 0 aromatic carbocycles. The van der Waals surface area contributed by atoms with E-state index in [1.807, 2.05) is 0 Å². The van der Waals surface area contributed by atoms with Crippen LogP contribution in [-0.4, -0.2) is 17.2 Å². The van der Waals surface area contributed by atoms with Crippen LogP contribution in [0.2, 0.25) is 0 Å². The molecule has 0 aromatic heterocycles. The van der Waals surface area contributed by atoms with Crippen molar-refractivity contribution in [2.45, 2.75) is 45.2 Å². The maximum Gasteiger partial charge on any atom is 0.0882 e. The highest BCUT2D eigenvalue weighted by molar-refractivity contribution is 4.96. The topological polar surface area (TPSA) is 32.3 Å². The van der Waals surface area contributed by atoms with Crippen LogP contribution in [0.15, 0.2) is 12.3 Å². The summed E-state index contributed by atoms with van der Waals surface area (Å²) in [5.74, 6) is 0.698. The standard InChI is InChI=1S/C10H19NO/c1-7(2)11-10-5-4-9(6-10)8(3)12/h7,9-12H,3-6H2,1-2H3/t9-,10-/m0/s1. The van der Waals surface area contributed by atoms with Gasteiger partial charge in [0.2, 0.25) is 0 Å². The molecular weight excluding hydrogens is 150 g/mol. The Morgan fingerprint density at radius 3 is 2.58 bits per heavy atom. The third kappa shape index (κ3) is 2.52. The molecule has 2 heteroatoms. The first kappa shape index (κ1) is 9.59. The molecule has 1 aliphatic rings. The van der Waals surface area contributed by atoms with Gasteiger partial charge in [-0.3, -0.25) is 0 Å². The smallest absolute Gasteiger partial charge is 0.0882 e. The first-order valence-corrected chi connectivity index (χ1v) is 4.73. The van der Waals surface area contributed by atoms with Gasteiger partial charge in [0.15, 0.2) is 0 Å². The lowest BCUT2D eigenvalue weighted by atomic mass is 10.1. The van der Waals surface area contributed by atoms with E-state index in [-0.39, 0.29) is 0 Å². The zero-order valence-electron chi connectivity index (χ0n) is 8.01. The Bertz CT molecular complexity index is 165. The van der Waals surface area contributed by atoms with Crippen LogP contribution in [0.3, 0.4) is 0 Å². The number of aliphatic hydroxyl groups excluding tert-OH is 1. The summed E-state index contributed by atoms with van der Waals surface area (Å²) in [7, 11) is 0. The minimum atomic E-state index is 0.334. The fraction of sp³-hybridized carbons (Fsp3) is 0.800. The molecule has 2 atom stereocenters. The summed E-state index contributed by atoms with van der Waals surface area (Å²) in [6.07, 6.45) is 3.30. The van der Waals surface area contributed by atoms with E-state index in [0.717, 1.165) is 12.8 Å². The molecule has 70 valence electrons. The zero-order chi connectivity index (χ0) is 9.14. The molecule has 2 N–H and O–H groups in total. The molecule has 0 spiro atoms. The Hall–Kier alpha value is -0.500. The lowest BCUT2D eigenvalue weighted by Gasteiger charge is -2.15. The molecule has 0 unspecified atom stereocenters. The third-order valence-corrected chi connectivity index (χ3v) is 2.47. The van der Waals surface area contributed by atoms with E-state index in [4.69, 9.17) is 0 Å². The monoisotopic (exact) mass is 169 g/mol. The lowest BCUT2D eigenvalue weighted by Crippen LogP contribution is -2.32. The van der Waals surface area contributed by atoms with Crippen LogP contribution >= 0.6 is 0 Å².